The van der Waals surface area contributed by atoms with Crippen LogP contribution in [0.2, 0.25) is 0 Å². The number of anilines is 1. The van der Waals surface area contributed by atoms with Crippen LogP contribution in [0.5, 0.6) is 0 Å². The first-order valence-electron chi connectivity index (χ1n) is 7.01. The van der Waals surface area contributed by atoms with E-state index >= 15 is 0 Å². The lowest BCUT2D eigenvalue weighted by Crippen LogP contribution is -2.42. The van der Waals surface area contributed by atoms with Crippen molar-refractivity contribution in [3.63, 3.8) is 0 Å². The topological polar surface area (TPSA) is 54.9 Å². The van der Waals surface area contributed by atoms with Crippen LogP contribution in [-0.2, 0) is 9.47 Å². The Morgan fingerprint density at radius 3 is 2.40 bits per heavy atom. The summed E-state index contributed by atoms with van der Waals surface area (Å²) in [4.78, 5) is 21.0. The molecule has 0 aliphatic carbocycles. The Kier molecular flexibility index (Phi) is 4.13. The van der Waals surface area contributed by atoms with Crippen molar-refractivity contribution in [2.45, 2.75) is 0 Å². The van der Waals surface area contributed by atoms with Crippen LogP contribution in [-0.4, -0.2) is 68.4 Å². The highest BCUT2D eigenvalue weighted by atomic mass is 16.5. The first-order chi connectivity index (χ1) is 9.86. The Balaban J connectivity index is 1.82. The molecule has 6 nitrogen and oxygen atoms in total. The van der Waals surface area contributed by atoms with E-state index in [2.05, 4.69) is 9.88 Å². The van der Waals surface area contributed by atoms with Gasteiger partial charge in [0.05, 0.1) is 32.0 Å². The van der Waals surface area contributed by atoms with Crippen LogP contribution in [0.3, 0.4) is 0 Å². The largest absolute Gasteiger partial charge is 0.378 e. The summed E-state index contributed by atoms with van der Waals surface area (Å²) in [6.45, 7) is 5.44. The van der Waals surface area contributed by atoms with Crippen LogP contribution < -0.4 is 4.90 Å². The van der Waals surface area contributed by atoms with Gasteiger partial charge in [0.2, 0.25) is 0 Å². The number of hydrogen-bond acceptors (Lipinski definition) is 5. The Labute approximate surface area is 118 Å². The molecule has 0 N–H and O–H groups in total. The lowest BCUT2D eigenvalue weighted by Gasteiger charge is -2.31. The normalized spacial score (nSPS) is 20.0. The van der Waals surface area contributed by atoms with Crippen LogP contribution in [0.15, 0.2) is 18.3 Å². The quantitative estimate of drug-likeness (QED) is 0.783. The van der Waals surface area contributed by atoms with E-state index in [-0.39, 0.29) is 5.91 Å². The Hall–Kier alpha value is -1.66. The highest BCUT2D eigenvalue weighted by molar-refractivity contribution is 5.99. The van der Waals surface area contributed by atoms with Crippen LogP contribution >= 0.6 is 0 Å². The molecule has 108 valence electrons. The molecular weight excluding hydrogens is 258 g/mol. The van der Waals surface area contributed by atoms with E-state index in [0.29, 0.717) is 45.1 Å². The zero-order valence-corrected chi connectivity index (χ0v) is 11.5. The summed E-state index contributed by atoms with van der Waals surface area (Å²) in [7, 11) is 0. The predicted molar refractivity (Wildman–Crippen MR) is 74.0 cm³/mol. The van der Waals surface area contributed by atoms with E-state index in [9.17, 15) is 4.79 Å². The first kappa shape index (κ1) is 13.3. The third-order valence-electron chi connectivity index (χ3n) is 3.63. The van der Waals surface area contributed by atoms with Gasteiger partial charge in [0.15, 0.2) is 0 Å². The van der Waals surface area contributed by atoms with Crippen molar-refractivity contribution in [3.05, 3.63) is 23.9 Å². The zero-order chi connectivity index (χ0) is 13.8. The van der Waals surface area contributed by atoms with E-state index in [4.69, 9.17) is 9.47 Å². The van der Waals surface area contributed by atoms with E-state index in [0.717, 1.165) is 18.9 Å². The van der Waals surface area contributed by atoms with Crippen molar-refractivity contribution in [2.24, 2.45) is 0 Å². The molecule has 0 atom stereocenters. The van der Waals surface area contributed by atoms with Gasteiger partial charge in [-0.1, -0.05) is 0 Å². The number of ether oxygens (including phenoxy) is 2. The highest BCUT2D eigenvalue weighted by Gasteiger charge is 2.24. The fourth-order valence-electron chi connectivity index (χ4n) is 2.53. The third kappa shape index (κ3) is 2.76. The third-order valence-corrected chi connectivity index (χ3v) is 3.63. The van der Waals surface area contributed by atoms with Crippen LogP contribution in [0.4, 0.5) is 5.82 Å². The molecule has 0 saturated carbocycles. The van der Waals surface area contributed by atoms with Gasteiger partial charge in [-0.2, -0.15) is 0 Å². The standard InChI is InChI=1S/C14H19N3O3/c18-14(17-6-10-20-11-7-17)12-2-1-3-15-13(12)16-4-8-19-9-5-16/h1-3H,4-11H2. The molecule has 0 bridgehead atoms. The van der Waals surface area contributed by atoms with Gasteiger partial charge in [0.1, 0.15) is 5.82 Å². The number of nitrogens with zero attached hydrogens (tertiary/aromatic N) is 3. The fourth-order valence-corrected chi connectivity index (χ4v) is 2.53. The summed E-state index contributed by atoms with van der Waals surface area (Å²) in [6.07, 6.45) is 1.74. The number of pyridine rings is 1. The van der Waals surface area contributed by atoms with E-state index in [1.807, 2.05) is 17.0 Å². The van der Waals surface area contributed by atoms with Gasteiger partial charge >= 0.3 is 0 Å². The molecule has 2 aliphatic rings. The molecule has 0 aromatic carbocycles. The Bertz CT molecular complexity index is 468. The van der Waals surface area contributed by atoms with Gasteiger partial charge in [0.25, 0.3) is 5.91 Å². The zero-order valence-electron chi connectivity index (χ0n) is 11.5. The fraction of sp³-hybridized carbons (Fsp3) is 0.571. The summed E-state index contributed by atoms with van der Waals surface area (Å²) in [5, 5.41) is 0. The number of hydrogen-bond donors (Lipinski definition) is 0. The van der Waals surface area contributed by atoms with Crippen LogP contribution in [0.25, 0.3) is 0 Å². The number of rotatable bonds is 2. The molecule has 1 amide bonds. The van der Waals surface area contributed by atoms with Gasteiger partial charge in [-0.25, -0.2) is 4.98 Å². The molecule has 3 heterocycles. The van der Waals surface area contributed by atoms with E-state index in [1.165, 1.54) is 0 Å². The van der Waals surface area contributed by atoms with Gasteiger partial charge in [0, 0.05) is 32.4 Å². The van der Waals surface area contributed by atoms with Crippen LogP contribution in [0.1, 0.15) is 10.4 Å². The number of morpholine rings is 2. The first-order valence-corrected chi connectivity index (χ1v) is 7.01. The number of amides is 1. The molecule has 0 spiro atoms. The molecule has 2 saturated heterocycles. The minimum atomic E-state index is 0.0443. The monoisotopic (exact) mass is 277 g/mol. The molecule has 2 aliphatic heterocycles. The average Bonchev–Trinajstić information content (AvgIpc) is 2.56. The summed E-state index contributed by atoms with van der Waals surface area (Å²) >= 11 is 0. The van der Waals surface area contributed by atoms with Gasteiger partial charge < -0.3 is 19.3 Å². The predicted octanol–water partition coefficient (Wildman–Crippen LogP) is 0.391. The maximum absolute atomic E-state index is 12.6. The van der Waals surface area contributed by atoms with Crippen molar-refractivity contribution in [3.8, 4) is 0 Å². The molecule has 1 aromatic rings. The maximum atomic E-state index is 12.6. The van der Waals surface area contributed by atoms with Gasteiger partial charge in [-0.15, -0.1) is 0 Å². The second-order valence-electron chi connectivity index (χ2n) is 4.88. The minimum absolute atomic E-state index is 0.0443. The van der Waals surface area contributed by atoms with E-state index in [1.54, 1.807) is 6.20 Å². The lowest BCUT2D eigenvalue weighted by molar-refractivity contribution is 0.0302. The van der Waals surface area contributed by atoms with Crippen molar-refractivity contribution in [1.29, 1.82) is 0 Å². The Morgan fingerprint density at radius 1 is 1.05 bits per heavy atom. The highest BCUT2D eigenvalue weighted by Crippen LogP contribution is 2.20. The lowest BCUT2D eigenvalue weighted by atomic mass is 10.2. The smallest absolute Gasteiger partial charge is 0.257 e. The van der Waals surface area contributed by atoms with E-state index < -0.39 is 0 Å². The summed E-state index contributed by atoms with van der Waals surface area (Å²) in [5.41, 5.74) is 0.677. The average molecular weight is 277 g/mol. The number of carbonyl (C=O) groups is 1. The molecule has 0 unspecified atom stereocenters. The van der Waals surface area contributed by atoms with Crippen molar-refractivity contribution in [2.75, 3.05) is 57.5 Å². The molecule has 1 aromatic heterocycles. The second kappa shape index (κ2) is 6.19. The van der Waals surface area contributed by atoms with Crippen molar-refractivity contribution < 1.29 is 14.3 Å². The SMILES string of the molecule is O=C(c1cccnc1N1CCOCC1)N1CCOCC1. The summed E-state index contributed by atoms with van der Waals surface area (Å²) in [5.74, 6) is 0.815. The van der Waals surface area contributed by atoms with Crippen molar-refractivity contribution in [1.82, 2.24) is 9.88 Å². The van der Waals surface area contributed by atoms with Gasteiger partial charge in [-0.05, 0) is 12.1 Å². The summed E-state index contributed by atoms with van der Waals surface area (Å²) in [6, 6.07) is 3.67. The van der Waals surface area contributed by atoms with Gasteiger partial charge in [-0.3, -0.25) is 4.79 Å². The molecule has 6 heteroatoms. The van der Waals surface area contributed by atoms with Crippen molar-refractivity contribution >= 4 is 11.7 Å². The summed E-state index contributed by atoms with van der Waals surface area (Å²) < 4.78 is 10.7. The molecular formula is C14H19N3O3. The minimum Gasteiger partial charge on any atom is -0.378 e. The maximum Gasteiger partial charge on any atom is 0.257 e. The van der Waals surface area contributed by atoms with Crippen LogP contribution in [0, 0.1) is 0 Å². The molecule has 3 rings (SSSR count). The molecule has 2 fully saturated rings. The number of aromatic nitrogens is 1. The molecule has 20 heavy (non-hydrogen) atoms. The number of carbonyl (C=O) groups excluding carboxylic acids is 1. The Morgan fingerprint density at radius 2 is 1.70 bits per heavy atom. The molecule has 0 radical (unpaired) electrons. The second-order valence-corrected chi connectivity index (χ2v) is 4.88.